The molecule has 0 unspecified atom stereocenters. The Morgan fingerprint density at radius 1 is 1.42 bits per heavy atom. The lowest BCUT2D eigenvalue weighted by Crippen LogP contribution is -2.47. The molecule has 5 nitrogen and oxygen atoms in total. The van der Waals surface area contributed by atoms with Crippen LogP contribution in [0.3, 0.4) is 0 Å². The first-order valence-corrected chi connectivity index (χ1v) is 6.03. The first-order chi connectivity index (χ1) is 8.89. The molecular weight excluding hydrogens is 263 g/mol. The maximum absolute atomic E-state index is 12.9. The summed E-state index contributed by atoms with van der Waals surface area (Å²) in [6.45, 7) is 2.35. The predicted molar refractivity (Wildman–Crippen MR) is 58.6 cm³/mol. The van der Waals surface area contributed by atoms with Crippen molar-refractivity contribution < 1.29 is 27.8 Å². The number of carbonyl (C=O) groups is 1. The fourth-order valence-electron chi connectivity index (χ4n) is 2.31. The van der Waals surface area contributed by atoms with E-state index in [2.05, 4.69) is 10.00 Å². The Hall–Kier alpha value is -1.57. The van der Waals surface area contributed by atoms with Gasteiger partial charge in [-0.2, -0.15) is 18.3 Å². The standard InChI is InChI=1S/C11H14F3N3O2/c12-11(13,14)9-8(10(18)19)7-15-17(9)6-5-16-3-1-2-4-16/h7H,1-6H2,(H,18,19)/p+1. The number of aromatic carboxylic acids is 1. The van der Waals surface area contributed by atoms with Gasteiger partial charge in [-0.15, -0.1) is 4.68 Å². The third-order valence-corrected chi connectivity index (χ3v) is 3.23. The van der Waals surface area contributed by atoms with Crippen molar-refractivity contribution in [1.82, 2.24) is 10.00 Å². The molecule has 1 aliphatic heterocycles. The lowest BCUT2D eigenvalue weighted by atomic mass is 10.2. The Balaban J connectivity index is 2.17. The van der Waals surface area contributed by atoms with Crippen LogP contribution >= 0.6 is 0 Å². The second kappa shape index (κ2) is 5.20. The van der Waals surface area contributed by atoms with Gasteiger partial charge in [0.15, 0.2) is 12.1 Å². The number of alkyl halides is 3. The van der Waals surface area contributed by atoms with Gasteiger partial charge >= 0.3 is 17.8 Å². The summed E-state index contributed by atoms with van der Waals surface area (Å²) in [5.41, 5.74) is -1.87. The summed E-state index contributed by atoms with van der Waals surface area (Å²) in [6.07, 6.45) is -1.68. The average molecular weight is 278 g/mol. The van der Waals surface area contributed by atoms with Crippen molar-refractivity contribution in [2.24, 2.45) is 0 Å². The number of likely N-dealkylation sites (tertiary alicyclic amines) is 1. The van der Waals surface area contributed by atoms with Gasteiger partial charge in [-0.3, -0.25) is 4.90 Å². The maximum atomic E-state index is 12.9. The van der Waals surface area contributed by atoms with Gasteiger partial charge in [0.2, 0.25) is 0 Å². The van der Waals surface area contributed by atoms with Crippen LogP contribution in [0.2, 0.25) is 0 Å². The van der Waals surface area contributed by atoms with Crippen LogP contribution in [0.1, 0.15) is 28.9 Å². The van der Waals surface area contributed by atoms with Crippen molar-refractivity contribution in [2.45, 2.75) is 25.6 Å². The molecule has 2 rings (SSSR count). The summed E-state index contributed by atoms with van der Waals surface area (Å²) in [7, 11) is 0. The Labute approximate surface area is 107 Å². The van der Waals surface area contributed by atoms with Crippen LogP contribution in [-0.4, -0.2) is 40.7 Å². The summed E-state index contributed by atoms with van der Waals surface area (Å²) < 4.78 is 39.5. The fraction of sp³-hybridized carbons (Fsp3) is 0.636. The zero-order valence-electron chi connectivity index (χ0n) is 10.2. The molecule has 0 spiro atoms. The largest absolute Gasteiger partial charge is 0.480 e. The van der Waals surface area contributed by atoms with Crippen LogP contribution in [0.4, 0.5) is 13.2 Å². The number of aromatic amines is 1. The molecule has 2 heterocycles. The van der Waals surface area contributed by atoms with Gasteiger partial charge in [-0.05, 0) is 25.9 Å². The summed E-state index contributed by atoms with van der Waals surface area (Å²) in [5.74, 6) is -1.58. The van der Waals surface area contributed by atoms with Gasteiger partial charge in [0.25, 0.3) is 0 Å². The third kappa shape index (κ3) is 3.06. The molecule has 1 aromatic rings. The van der Waals surface area contributed by atoms with Gasteiger partial charge in [-0.25, -0.2) is 4.79 Å². The van der Waals surface area contributed by atoms with E-state index in [1.807, 2.05) is 0 Å². The van der Waals surface area contributed by atoms with Gasteiger partial charge in [0.05, 0.1) is 12.7 Å². The molecule has 0 atom stereocenters. The number of aromatic nitrogens is 2. The van der Waals surface area contributed by atoms with E-state index in [1.54, 1.807) is 0 Å². The van der Waals surface area contributed by atoms with Crippen molar-refractivity contribution in [1.29, 1.82) is 0 Å². The van der Waals surface area contributed by atoms with Crippen LogP contribution in [0, 0.1) is 0 Å². The smallest absolute Gasteiger partial charge is 0.477 e. The van der Waals surface area contributed by atoms with Crippen molar-refractivity contribution in [3.8, 4) is 0 Å². The van der Waals surface area contributed by atoms with Gasteiger partial charge in [-0.1, -0.05) is 0 Å². The van der Waals surface area contributed by atoms with Crippen molar-refractivity contribution in [3.63, 3.8) is 0 Å². The van der Waals surface area contributed by atoms with E-state index in [0.29, 0.717) is 6.54 Å². The highest BCUT2D eigenvalue weighted by atomic mass is 19.4. The van der Waals surface area contributed by atoms with E-state index in [0.717, 1.165) is 36.8 Å². The molecule has 0 amide bonds. The molecule has 1 fully saturated rings. The summed E-state index contributed by atoms with van der Waals surface area (Å²) in [4.78, 5) is 12.9. The summed E-state index contributed by atoms with van der Waals surface area (Å²) in [6, 6.07) is 0. The molecule has 0 radical (unpaired) electrons. The van der Waals surface area contributed by atoms with Crippen molar-refractivity contribution in [3.05, 3.63) is 17.5 Å². The van der Waals surface area contributed by atoms with E-state index < -0.39 is 23.4 Å². The fourth-order valence-corrected chi connectivity index (χ4v) is 2.31. The van der Waals surface area contributed by atoms with Crippen LogP contribution < -0.4 is 4.68 Å². The topological polar surface area (TPSA) is 60.2 Å². The third-order valence-electron chi connectivity index (χ3n) is 3.23. The monoisotopic (exact) mass is 278 g/mol. The zero-order valence-corrected chi connectivity index (χ0v) is 10.2. The molecular formula is C11H15F3N3O2+. The minimum atomic E-state index is -4.68. The average Bonchev–Trinajstić information content (AvgIpc) is 2.94. The Kier molecular flexibility index (Phi) is 3.79. The molecule has 0 aliphatic carbocycles. The van der Waals surface area contributed by atoms with E-state index >= 15 is 0 Å². The first-order valence-electron chi connectivity index (χ1n) is 6.03. The van der Waals surface area contributed by atoms with E-state index in [9.17, 15) is 18.0 Å². The number of nitrogens with one attached hydrogen (secondary N) is 1. The van der Waals surface area contributed by atoms with Crippen LogP contribution in [-0.2, 0) is 12.7 Å². The van der Waals surface area contributed by atoms with Gasteiger partial charge in [0.1, 0.15) is 0 Å². The highest BCUT2D eigenvalue weighted by molar-refractivity contribution is 5.88. The summed E-state index contributed by atoms with van der Waals surface area (Å²) in [5, 5.41) is 11.2. The predicted octanol–water partition coefficient (Wildman–Crippen LogP) is 1.11. The second-order valence-electron chi connectivity index (χ2n) is 4.54. The minimum Gasteiger partial charge on any atom is -0.477 e. The van der Waals surface area contributed by atoms with E-state index in [4.69, 9.17) is 5.11 Å². The Morgan fingerprint density at radius 2 is 2.05 bits per heavy atom. The number of carboxylic acids is 1. The number of rotatable bonds is 4. The second-order valence-corrected chi connectivity index (χ2v) is 4.54. The number of hydrogen-bond donors (Lipinski definition) is 2. The van der Waals surface area contributed by atoms with Crippen LogP contribution in [0.5, 0.6) is 0 Å². The number of halogens is 3. The van der Waals surface area contributed by atoms with Gasteiger partial charge < -0.3 is 5.11 Å². The number of carboxylic acid groups (broad SMARTS) is 1. The lowest BCUT2D eigenvalue weighted by Gasteiger charge is -2.11. The molecule has 8 heteroatoms. The number of hydrogen-bond acceptors (Lipinski definition) is 2. The highest BCUT2D eigenvalue weighted by Gasteiger charge is 2.47. The number of nitrogens with zero attached hydrogens (tertiary/aromatic N) is 2. The van der Waals surface area contributed by atoms with Crippen molar-refractivity contribution in [2.75, 3.05) is 19.6 Å². The van der Waals surface area contributed by atoms with E-state index in [-0.39, 0.29) is 6.54 Å². The maximum Gasteiger partial charge on any atom is 0.480 e. The minimum absolute atomic E-state index is 0.0993. The molecule has 0 bridgehead atoms. The molecule has 106 valence electrons. The quantitative estimate of drug-likeness (QED) is 0.811. The van der Waals surface area contributed by atoms with Crippen molar-refractivity contribution >= 4 is 5.97 Å². The van der Waals surface area contributed by atoms with E-state index in [1.165, 1.54) is 0 Å². The Bertz CT molecular complexity index is 464. The SMILES string of the molecule is O=C(O)c1c[nH][n+](CCN2CCCC2)c1C(F)(F)F. The number of H-pyrrole nitrogens is 1. The normalized spacial score (nSPS) is 17.0. The molecule has 0 saturated carbocycles. The molecule has 1 saturated heterocycles. The molecule has 1 aliphatic rings. The van der Waals surface area contributed by atoms with Crippen LogP contribution in [0.15, 0.2) is 6.20 Å². The van der Waals surface area contributed by atoms with Gasteiger partial charge in [0, 0.05) is 0 Å². The first kappa shape index (κ1) is 13.9. The molecule has 2 N–H and O–H groups in total. The summed E-state index contributed by atoms with van der Waals surface area (Å²) >= 11 is 0. The zero-order chi connectivity index (χ0) is 14.0. The molecule has 19 heavy (non-hydrogen) atoms. The highest BCUT2D eigenvalue weighted by Crippen LogP contribution is 2.29. The molecule has 1 aromatic heterocycles. The lowest BCUT2D eigenvalue weighted by molar-refractivity contribution is -0.764. The Morgan fingerprint density at radius 3 is 2.58 bits per heavy atom. The molecule has 0 aromatic carbocycles. The van der Waals surface area contributed by atoms with Crippen LogP contribution in [0.25, 0.3) is 0 Å².